The molecule has 0 aliphatic heterocycles. The molecule has 0 aliphatic carbocycles. The number of benzene rings is 3. The summed E-state index contributed by atoms with van der Waals surface area (Å²) in [5.41, 5.74) is -0.311. The minimum absolute atomic E-state index is 0.00796. The number of non-ortho nitro benzene ring substituents is 1. The normalized spacial score (nSPS) is 11.4. The van der Waals surface area contributed by atoms with Gasteiger partial charge in [-0.15, -0.1) is 5.10 Å². The maximum atomic E-state index is 13.8. The van der Waals surface area contributed by atoms with Gasteiger partial charge >= 0.3 is 6.18 Å². The summed E-state index contributed by atoms with van der Waals surface area (Å²) in [6.07, 6.45) is -4.83. The van der Waals surface area contributed by atoms with Crippen molar-refractivity contribution in [3.8, 4) is 22.8 Å². The van der Waals surface area contributed by atoms with Gasteiger partial charge in [-0.05, 0) is 30.7 Å². The Morgan fingerprint density at radius 2 is 1.74 bits per heavy atom. The van der Waals surface area contributed by atoms with Crippen LogP contribution in [0.3, 0.4) is 0 Å². The van der Waals surface area contributed by atoms with E-state index in [4.69, 9.17) is 4.74 Å². The predicted molar refractivity (Wildman–Crippen MR) is 134 cm³/mol. The molecule has 0 spiro atoms. The lowest BCUT2D eigenvalue weighted by molar-refractivity contribution is -0.384. The van der Waals surface area contributed by atoms with E-state index < -0.39 is 34.3 Å². The second-order valence-electron chi connectivity index (χ2n) is 8.38. The number of carbonyl (C=O) groups is 1. The van der Waals surface area contributed by atoms with Crippen LogP contribution in [-0.4, -0.2) is 30.4 Å². The first-order valence-electron chi connectivity index (χ1n) is 11.3. The van der Waals surface area contributed by atoms with Crippen LogP contribution in [0.5, 0.6) is 11.5 Å². The van der Waals surface area contributed by atoms with Crippen LogP contribution >= 0.6 is 0 Å². The van der Waals surface area contributed by atoms with Crippen LogP contribution in [0.15, 0.2) is 78.9 Å². The average molecular weight is 534 g/mol. The molecule has 5 aromatic rings. The molecule has 39 heavy (non-hydrogen) atoms. The predicted octanol–water partition coefficient (Wildman–Crippen LogP) is 6.07. The third-order valence-corrected chi connectivity index (χ3v) is 5.46. The molecular formula is C26H17F3N6O4. The highest BCUT2D eigenvalue weighted by atomic mass is 19.4. The van der Waals surface area contributed by atoms with Crippen molar-refractivity contribution >= 4 is 23.1 Å². The average Bonchev–Trinajstić information content (AvgIpc) is 3.32. The van der Waals surface area contributed by atoms with Crippen molar-refractivity contribution in [2.45, 2.75) is 13.1 Å². The molecular weight excluding hydrogens is 517 g/mol. The third-order valence-electron chi connectivity index (χ3n) is 5.46. The molecule has 196 valence electrons. The maximum absolute atomic E-state index is 13.8. The molecule has 0 bridgehead atoms. The van der Waals surface area contributed by atoms with Crippen LogP contribution in [0.25, 0.3) is 17.0 Å². The fourth-order valence-electron chi connectivity index (χ4n) is 3.75. The first kappa shape index (κ1) is 25.3. The fourth-order valence-corrected chi connectivity index (χ4v) is 3.75. The molecule has 2 aromatic heterocycles. The summed E-state index contributed by atoms with van der Waals surface area (Å²) < 4.78 is 47.7. The number of nitro benzene ring substituents is 1. The van der Waals surface area contributed by atoms with Crippen LogP contribution in [0, 0.1) is 17.0 Å². The summed E-state index contributed by atoms with van der Waals surface area (Å²) in [5.74, 6) is -1.60. The molecule has 0 atom stereocenters. The van der Waals surface area contributed by atoms with Gasteiger partial charge in [0.05, 0.1) is 22.4 Å². The topological polar surface area (TPSA) is 125 Å². The Morgan fingerprint density at radius 1 is 0.974 bits per heavy atom. The van der Waals surface area contributed by atoms with Gasteiger partial charge in [-0.2, -0.15) is 22.7 Å². The fraction of sp³-hybridized carbons (Fsp3) is 0.0769. The van der Waals surface area contributed by atoms with Gasteiger partial charge in [0.25, 0.3) is 17.4 Å². The number of amides is 1. The van der Waals surface area contributed by atoms with E-state index >= 15 is 0 Å². The molecule has 0 saturated heterocycles. The highest BCUT2D eigenvalue weighted by Crippen LogP contribution is 2.33. The molecule has 0 radical (unpaired) electrons. The maximum Gasteiger partial charge on any atom is 0.433 e. The van der Waals surface area contributed by atoms with E-state index in [-0.39, 0.29) is 22.8 Å². The third kappa shape index (κ3) is 5.51. The molecule has 0 saturated carbocycles. The summed E-state index contributed by atoms with van der Waals surface area (Å²) in [6.45, 7) is 1.84. The Hall–Kier alpha value is -5.33. The summed E-state index contributed by atoms with van der Waals surface area (Å²) in [5, 5.41) is 17.6. The first-order valence-corrected chi connectivity index (χ1v) is 11.3. The molecule has 13 heteroatoms. The number of aromatic nitrogens is 4. The van der Waals surface area contributed by atoms with Gasteiger partial charge in [0.2, 0.25) is 5.82 Å². The number of nitrogens with zero attached hydrogens (tertiary/aromatic N) is 5. The molecule has 1 amide bonds. The van der Waals surface area contributed by atoms with Crippen LogP contribution in [0.4, 0.5) is 24.5 Å². The number of halogens is 3. The highest BCUT2D eigenvalue weighted by Gasteiger charge is 2.36. The second-order valence-corrected chi connectivity index (χ2v) is 8.38. The largest absolute Gasteiger partial charge is 0.457 e. The summed E-state index contributed by atoms with van der Waals surface area (Å²) >= 11 is 0. The first-order chi connectivity index (χ1) is 18.6. The Bertz CT molecular complexity index is 1720. The Morgan fingerprint density at radius 3 is 2.44 bits per heavy atom. The molecule has 0 unspecified atom stereocenters. The number of hydrogen-bond acceptors (Lipinski definition) is 7. The van der Waals surface area contributed by atoms with E-state index in [1.54, 1.807) is 48.5 Å². The smallest absolute Gasteiger partial charge is 0.433 e. The van der Waals surface area contributed by atoms with Gasteiger partial charge in [0.1, 0.15) is 11.5 Å². The zero-order valence-electron chi connectivity index (χ0n) is 20.0. The Balaban J connectivity index is 1.50. The summed E-state index contributed by atoms with van der Waals surface area (Å²) in [7, 11) is 0. The molecule has 5 rings (SSSR count). The highest BCUT2D eigenvalue weighted by molar-refractivity contribution is 6.02. The standard InChI is InChI=1S/C26H17F3N6O4/c1-15-6-5-9-19(10-15)39-20-12-17(11-18(13-20)35(37)38)30-24(36)23-32-25-31-21(16-7-3-2-4-8-16)14-22(26(27,28)29)34(25)33-23/h2-14H,1H3,(H,30,36). The van der Waals surface area contributed by atoms with E-state index in [2.05, 4.69) is 20.4 Å². The van der Waals surface area contributed by atoms with Crippen molar-refractivity contribution < 1.29 is 27.6 Å². The number of rotatable bonds is 6. The van der Waals surface area contributed by atoms with Crippen molar-refractivity contribution in [3.63, 3.8) is 0 Å². The minimum atomic E-state index is -4.83. The molecule has 3 aromatic carbocycles. The molecule has 0 aliphatic rings. The summed E-state index contributed by atoms with van der Waals surface area (Å²) in [4.78, 5) is 31.7. The van der Waals surface area contributed by atoms with Gasteiger partial charge in [0, 0.05) is 17.7 Å². The summed E-state index contributed by atoms with van der Waals surface area (Å²) in [6, 6.07) is 19.5. The van der Waals surface area contributed by atoms with Crippen LogP contribution in [0.2, 0.25) is 0 Å². The van der Waals surface area contributed by atoms with E-state index in [0.717, 1.165) is 17.7 Å². The molecule has 1 N–H and O–H groups in total. The lowest BCUT2D eigenvalue weighted by atomic mass is 10.1. The number of aryl methyl sites for hydroxylation is 1. The van der Waals surface area contributed by atoms with E-state index in [1.807, 2.05) is 13.0 Å². The Labute approximate surface area is 217 Å². The number of anilines is 1. The van der Waals surface area contributed by atoms with Gasteiger partial charge in [0.15, 0.2) is 5.69 Å². The van der Waals surface area contributed by atoms with Gasteiger partial charge in [-0.1, -0.05) is 42.5 Å². The van der Waals surface area contributed by atoms with Crippen molar-refractivity contribution in [2.75, 3.05) is 5.32 Å². The van der Waals surface area contributed by atoms with Crippen molar-refractivity contribution in [3.05, 3.63) is 106 Å². The quantitative estimate of drug-likeness (QED) is 0.207. The van der Waals surface area contributed by atoms with Crippen molar-refractivity contribution in [2.24, 2.45) is 0 Å². The monoisotopic (exact) mass is 534 g/mol. The molecule has 2 heterocycles. The van der Waals surface area contributed by atoms with Gasteiger partial charge in [-0.3, -0.25) is 14.9 Å². The number of ether oxygens (including phenoxy) is 1. The Kier molecular flexibility index (Phi) is 6.40. The zero-order chi connectivity index (χ0) is 27.7. The van der Waals surface area contributed by atoms with Crippen molar-refractivity contribution in [1.29, 1.82) is 0 Å². The van der Waals surface area contributed by atoms with E-state index in [1.165, 1.54) is 12.1 Å². The van der Waals surface area contributed by atoms with Gasteiger partial charge in [-0.25, -0.2) is 4.98 Å². The van der Waals surface area contributed by atoms with E-state index in [0.29, 0.717) is 15.8 Å². The number of carbonyl (C=O) groups excluding carboxylic acids is 1. The number of hydrogen-bond donors (Lipinski definition) is 1. The van der Waals surface area contributed by atoms with Crippen LogP contribution in [0.1, 0.15) is 21.9 Å². The second kappa shape index (κ2) is 9.85. The number of alkyl halides is 3. The van der Waals surface area contributed by atoms with Crippen molar-refractivity contribution in [1.82, 2.24) is 19.6 Å². The number of nitrogens with one attached hydrogen (secondary N) is 1. The molecule has 10 nitrogen and oxygen atoms in total. The van der Waals surface area contributed by atoms with Gasteiger partial charge < -0.3 is 10.1 Å². The SMILES string of the molecule is Cc1cccc(Oc2cc(NC(=O)c3nc4nc(-c5ccccc5)cc(C(F)(F)F)n4n3)cc([N+](=O)[O-])c2)c1. The minimum Gasteiger partial charge on any atom is -0.457 e. The molecule has 0 fully saturated rings. The van der Waals surface area contributed by atoms with Crippen LogP contribution < -0.4 is 10.1 Å². The zero-order valence-corrected chi connectivity index (χ0v) is 20.0. The van der Waals surface area contributed by atoms with E-state index in [9.17, 15) is 28.1 Å². The number of fused-ring (bicyclic) bond motifs is 1. The number of nitro groups is 1. The van der Waals surface area contributed by atoms with Crippen LogP contribution in [-0.2, 0) is 6.18 Å². The lowest BCUT2D eigenvalue weighted by Gasteiger charge is -2.10. The lowest BCUT2D eigenvalue weighted by Crippen LogP contribution is -2.16.